The molecule has 35 heavy (non-hydrogen) atoms. The average Bonchev–Trinajstić information content (AvgIpc) is 3.29. The minimum Gasteiger partial charge on any atom is -0.465 e. The monoisotopic (exact) mass is 495 g/mol. The van der Waals surface area contributed by atoms with Gasteiger partial charge in [0.2, 0.25) is 0 Å². The minimum atomic E-state index is -4.40. The van der Waals surface area contributed by atoms with Gasteiger partial charge in [0.05, 0.1) is 12.1 Å². The second kappa shape index (κ2) is 9.21. The second-order valence-corrected chi connectivity index (χ2v) is 8.93. The minimum absolute atomic E-state index is 0.169. The van der Waals surface area contributed by atoms with Gasteiger partial charge in [0.1, 0.15) is 11.8 Å². The van der Waals surface area contributed by atoms with Gasteiger partial charge in [-0.15, -0.1) is 0 Å². The Morgan fingerprint density at radius 3 is 2.66 bits per heavy atom. The standard InChI is InChI=1S/C22H24F3N5O5/c1-21(14-29-12-18(30(33)34)26-19(29)35-21)13-28-10-9-27(20(31)32)11-17(28)4-2-3-15-5-7-16(8-6-15)22(23,24)25/h2-3,5-8,12,17H,4,9-11,13-14H2,1H3,(H,31,32)/t17?,21-/m0/s1. The van der Waals surface area contributed by atoms with Crippen molar-refractivity contribution >= 4 is 18.0 Å². The van der Waals surface area contributed by atoms with E-state index in [0.717, 1.165) is 12.1 Å². The lowest BCUT2D eigenvalue weighted by atomic mass is 10.0. The van der Waals surface area contributed by atoms with Gasteiger partial charge in [-0.2, -0.15) is 13.2 Å². The highest BCUT2D eigenvalue weighted by Gasteiger charge is 2.43. The van der Waals surface area contributed by atoms with E-state index in [1.165, 1.54) is 23.2 Å². The number of halogens is 3. The molecule has 1 saturated heterocycles. The molecule has 0 bridgehead atoms. The number of aromatic nitrogens is 2. The lowest BCUT2D eigenvalue weighted by molar-refractivity contribution is -0.389. The number of nitro groups is 1. The fraction of sp³-hybridized carbons (Fsp3) is 0.455. The molecule has 2 aliphatic rings. The van der Waals surface area contributed by atoms with Crippen LogP contribution in [0, 0.1) is 10.1 Å². The van der Waals surface area contributed by atoms with Crippen LogP contribution in [0.1, 0.15) is 24.5 Å². The molecule has 1 unspecified atom stereocenters. The van der Waals surface area contributed by atoms with Gasteiger partial charge in [-0.1, -0.05) is 24.3 Å². The Labute approximate surface area is 198 Å². The van der Waals surface area contributed by atoms with Crippen LogP contribution in [0.5, 0.6) is 6.01 Å². The third-order valence-corrected chi connectivity index (χ3v) is 6.13. The maximum atomic E-state index is 12.8. The van der Waals surface area contributed by atoms with E-state index in [1.54, 1.807) is 10.6 Å². The highest BCUT2D eigenvalue weighted by atomic mass is 19.4. The maximum absolute atomic E-state index is 12.8. The molecule has 1 aromatic heterocycles. The van der Waals surface area contributed by atoms with Crippen molar-refractivity contribution in [1.82, 2.24) is 19.4 Å². The van der Waals surface area contributed by atoms with Crippen LogP contribution in [0.4, 0.5) is 23.8 Å². The van der Waals surface area contributed by atoms with E-state index in [-0.39, 0.29) is 24.4 Å². The smallest absolute Gasteiger partial charge is 0.416 e. The first kappa shape index (κ1) is 24.5. The summed E-state index contributed by atoms with van der Waals surface area (Å²) in [7, 11) is 0. The number of hydrogen-bond donors (Lipinski definition) is 1. The lowest BCUT2D eigenvalue weighted by Gasteiger charge is -2.42. The number of imidazole rings is 1. The van der Waals surface area contributed by atoms with Crippen LogP contribution in [0.3, 0.4) is 0 Å². The van der Waals surface area contributed by atoms with Gasteiger partial charge in [0, 0.05) is 37.2 Å². The molecule has 4 rings (SSSR count). The first-order valence-corrected chi connectivity index (χ1v) is 10.9. The predicted molar refractivity (Wildman–Crippen MR) is 118 cm³/mol. The topological polar surface area (TPSA) is 114 Å². The number of ether oxygens (including phenoxy) is 1. The number of carbonyl (C=O) groups is 1. The number of benzene rings is 1. The third kappa shape index (κ3) is 5.56. The molecule has 2 atom stereocenters. The summed E-state index contributed by atoms with van der Waals surface area (Å²) in [5, 5.41) is 20.4. The molecule has 13 heteroatoms. The van der Waals surface area contributed by atoms with Crippen LogP contribution in [0.25, 0.3) is 6.08 Å². The average molecular weight is 495 g/mol. The van der Waals surface area contributed by atoms with Gasteiger partial charge < -0.3 is 24.9 Å². The Bertz CT molecular complexity index is 1110. The number of nitrogens with zero attached hydrogens (tertiary/aromatic N) is 5. The van der Waals surface area contributed by atoms with Gasteiger partial charge in [0.15, 0.2) is 0 Å². The Kier molecular flexibility index (Phi) is 6.45. The molecular weight excluding hydrogens is 471 g/mol. The molecule has 2 aliphatic heterocycles. The van der Waals surface area contributed by atoms with Gasteiger partial charge in [-0.05, 0) is 36.0 Å². The zero-order chi connectivity index (χ0) is 25.4. The van der Waals surface area contributed by atoms with E-state index in [1.807, 2.05) is 13.0 Å². The number of hydrogen-bond acceptors (Lipinski definition) is 6. The first-order chi connectivity index (χ1) is 16.4. The number of fused-ring (bicyclic) bond motifs is 1. The molecule has 1 fully saturated rings. The van der Waals surface area contributed by atoms with Crippen LogP contribution in [-0.2, 0) is 12.7 Å². The Balaban J connectivity index is 1.43. The summed E-state index contributed by atoms with van der Waals surface area (Å²) in [5.74, 6) is -0.289. The highest BCUT2D eigenvalue weighted by molar-refractivity contribution is 5.65. The number of amides is 1. The molecule has 1 amide bonds. The molecule has 0 aliphatic carbocycles. The third-order valence-electron chi connectivity index (χ3n) is 6.13. The fourth-order valence-corrected chi connectivity index (χ4v) is 4.44. The van der Waals surface area contributed by atoms with Gasteiger partial charge in [0.25, 0.3) is 0 Å². The molecule has 2 aromatic rings. The van der Waals surface area contributed by atoms with Crippen molar-refractivity contribution < 1.29 is 32.7 Å². The molecule has 0 radical (unpaired) electrons. The Morgan fingerprint density at radius 1 is 1.34 bits per heavy atom. The fourth-order valence-electron chi connectivity index (χ4n) is 4.44. The number of alkyl halides is 3. The van der Waals surface area contributed by atoms with E-state index < -0.39 is 28.4 Å². The molecule has 0 spiro atoms. The summed E-state index contributed by atoms with van der Waals surface area (Å²) < 4.78 is 45.8. The lowest BCUT2D eigenvalue weighted by Crippen LogP contribution is -2.58. The van der Waals surface area contributed by atoms with Gasteiger partial charge in [-0.3, -0.25) is 9.47 Å². The highest BCUT2D eigenvalue weighted by Crippen LogP contribution is 2.33. The van der Waals surface area contributed by atoms with Crippen LogP contribution in [0.2, 0.25) is 0 Å². The largest absolute Gasteiger partial charge is 0.465 e. The van der Waals surface area contributed by atoms with Crippen molar-refractivity contribution in [1.29, 1.82) is 0 Å². The van der Waals surface area contributed by atoms with Crippen molar-refractivity contribution in [2.75, 3.05) is 26.2 Å². The van der Waals surface area contributed by atoms with Crippen LogP contribution in [-0.4, -0.2) is 73.3 Å². The number of piperazine rings is 1. The van der Waals surface area contributed by atoms with Crippen molar-refractivity contribution in [3.63, 3.8) is 0 Å². The molecule has 1 N–H and O–H groups in total. The van der Waals surface area contributed by atoms with E-state index in [2.05, 4.69) is 9.88 Å². The van der Waals surface area contributed by atoms with Crippen LogP contribution >= 0.6 is 0 Å². The summed E-state index contributed by atoms with van der Waals surface area (Å²) >= 11 is 0. The normalized spacial score (nSPS) is 22.9. The molecule has 188 valence electrons. The summed E-state index contributed by atoms with van der Waals surface area (Å²) in [6, 6.07) is 4.79. The van der Waals surface area contributed by atoms with Gasteiger partial charge in [-0.25, -0.2) is 4.79 Å². The maximum Gasteiger partial charge on any atom is 0.416 e. The molecule has 3 heterocycles. The number of carboxylic acid groups (broad SMARTS) is 1. The SMILES string of the molecule is C[C@]1(CN2CCN(C(=O)O)CC2CC=Cc2ccc(C(F)(F)F)cc2)Cn2cc([N+](=O)[O-])nc2O1. The second-order valence-electron chi connectivity index (χ2n) is 8.93. The van der Waals surface area contributed by atoms with E-state index >= 15 is 0 Å². The van der Waals surface area contributed by atoms with Gasteiger partial charge >= 0.3 is 24.1 Å². The number of rotatable bonds is 6. The molecule has 0 saturated carbocycles. The first-order valence-electron chi connectivity index (χ1n) is 10.9. The zero-order valence-electron chi connectivity index (χ0n) is 18.8. The van der Waals surface area contributed by atoms with Crippen molar-refractivity contribution in [2.45, 2.75) is 37.7 Å². The van der Waals surface area contributed by atoms with Crippen molar-refractivity contribution in [2.24, 2.45) is 0 Å². The molecule has 1 aromatic carbocycles. The molecule has 10 nitrogen and oxygen atoms in total. The van der Waals surface area contributed by atoms with E-state index in [0.29, 0.717) is 38.2 Å². The van der Waals surface area contributed by atoms with Crippen LogP contribution < -0.4 is 4.74 Å². The van der Waals surface area contributed by atoms with E-state index in [9.17, 15) is 33.2 Å². The Morgan fingerprint density at radius 2 is 2.06 bits per heavy atom. The predicted octanol–water partition coefficient (Wildman–Crippen LogP) is 3.73. The summed E-state index contributed by atoms with van der Waals surface area (Å²) in [6.07, 6.45) is -0.0924. The van der Waals surface area contributed by atoms with Crippen molar-refractivity contribution in [3.05, 3.63) is 57.8 Å². The van der Waals surface area contributed by atoms with Crippen molar-refractivity contribution in [3.8, 4) is 6.01 Å². The Hall–Kier alpha value is -3.61. The van der Waals surface area contributed by atoms with E-state index in [4.69, 9.17) is 4.74 Å². The zero-order valence-corrected chi connectivity index (χ0v) is 18.8. The summed E-state index contributed by atoms with van der Waals surface area (Å²) in [4.78, 5) is 29.2. The van der Waals surface area contributed by atoms with Crippen LogP contribution in [0.15, 0.2) is 36.5 Å². The summed E-state index contributed by atoms with van der Waals surface area (Å²) in [6.45, 7) is 3.71. The summed E-state index contributed by atoms with van der Waals surface area (Å²) in [5.41, 5.74) is -0.827. The quantitative estimate of drug-likeness (QED) is 0.480. The molecular formula is C22H24F3N5O5.